The minimum absolute atomic E-state index is 0.213. The third-order valence-electron chi connectivity index (χ3n) is 3.60. The molecule has 0 aliphatic carbocycles. The monoisotopic (exact) mass is 254 g/mol. The standard InChI is InChI=1S/C15H30N2O/c1-14(2,3)9-7-13(18)16-12-8-10-17(11-12)15(4,5)6/h12H,7-11H2,1-6H3,(H,16,18)/t12-/m0/s1. The predicted octanol–water partition coefficient (Wildman–Crippen LogP) is 2.80. The molecule has 1 N–H and O–H groups in total. The molecule has 0 spiro atoms. The van der Waals surface area contributed by atoms with Gasteiger partial charge in [-0.25, -0.2) is 0 Å². The summed E-state index contributed by atoms with van der Waals surface area (Å²) in [5.74, 6) is 0.214. The minimum Gasteiger partial charge on any atom is -0.352 e. The number of carbonyl (C=O) groups is 1. The zero-order chi connectivity index (χ0) is 14.0. The zero-order valence-electron chi connectivity index (χ0n) is 13.0. The molecule has 3 nitrogen and oxygen atoms in total. The van der Waals surface area contributed by atoms with Crippen LogP contribution in [0.15, 0.2) is 0 Å². The largest absolute Gasteiger partial charge is 0.352 e. The first-order valence-corrected chi connectivity index (χ1v) is 7.12. The van der Waals surface area contributed by atoms with Gasteiger partial charge in [-0.2, -0.15) is 0 Å². The lowest BCUT2D eigenvalue weighted by atomic mass is 9.90. The lowest BCUT2D eigenvalue weighted by Gasteiger charge is -2.31. The van der Waals surface area contributed by atoms with Crippen molar-refractivity contribution < 1.29 is 4.79 Å². The van der Waals surface area contributed by atoms with E-state index in [9.17, 15) is 4.79 Å². The zero-order valence-corrected chi connectivity index (χ0v) is 13.0. The molecule has 1 rings (SSSR count). The van der Waals surface area contributed by atoms with E-state index in [1.54, 1.807) is 0 Å². The van der Waals surface area contributed by atoms with Gasteiger partial charge < -0.3 is 5.32 Å². The van der Waals surface area contributed by atoms with Gasteiger partial charge in [0.15, 0.2) is 0 Å². The van der Waals surface area contributed by atoms with E-state index in [0.717, 1.165) is 25.9 Å². The Kier molecular flexibility index (Phi) is 4.82. The molecule has 18 heavy (non-hydrogen) atoms. The highest BCUT2D eigenvalue weighted by atomic mass is 16.1. The van der Waals surface area contributed by atoms with Crippen molar-refractivity contribution in [1.29, 1.82) is 0 Å². The Labute approximate surface area is 112 Å². The van der Waals surface area contributed by atoms with E-state index >= 15 is 0 Å². The molecule has 106 valence electrons. The van der Waals surface area contributed by atoms with Crippen molar-refractivity contribution in [3.8, 4) is 0 Å². The van der Waals surface area contributed by atoms with E-state index in [0.29, 0.717) is 12.5 Å². The average molecular weight is 254 g/mol. The van der Waals surface area contributed by atoms with Crippen LogP contribution in [0.25, 0.3) is 0 Å². The predicted molar refractivity (Wildman–Crippen MR) is 76.6 cm³/mol. The lowest BCUT2D eigenvalue weighted by molar-refractivity contribution is -0.122. The van der Waals surface area contributed by atoms with Crippen LogP contribution in [0.2, 0.25) is 0 Å². The molecule has 0 saturated carbocycles. The van der Waals surface area contributed by atoms with Crippen molar-refractivity contribution in [3.63, 3.8) is 0 Å². The van der Waals surface area contributed by atoms with Crippen LogP contribution in [-0.2, 0) is 4.79 Å². The molecule has 0 aromatic heterocycles. The van der Waals surface area contributed by atoms with Gasteiger partial charge in [-0.15, -0.1) is 0 Å². The Morgan fingerprint density at radius 2 is 1.83 bits per heavy atom. The lowest BCUT2D eigenvalue weighted by Crippen LogP contribution is -2.43. The summed E-state index contributed by atoms with van der Waals surface area (Å²) in [5, 5.41) is 3.17. The highest BCUT2D eigenvalue weighted by Gasteiger charge is 2.30. The maximum absolute atomic E-state index is 11.9. The second kappa shape index (κ2) is 5.60. The summed E-state index contributed by atoms with van der Waals surface area (Å²) in [6, 6.07) is 0.344. The number of hydrogen-bond acceptors (Lipinski definition) is 2. The molecule has 1 heterocycles. The van der Waals surface area contributed by atoms with E-state index in [4.69, 9.17) is 0 Å². The molecule has 1 fully saturated rings. The summed E-state index contributed by atoms with van der Waals surface area (Å²) in [4.78, 5) is 14.3. The van der Waals surface area contributed by atoms with Crippen LogP contribution in [0.5, 0.6) is 0 Å². The van der Waals surface area contributed by atoms with Crippen LogP contribution in [0.1, 0.15) is 60.8 Å². The van der Waals surface area contributed by atoms with Gasteiger partial charge in [-0.3, -0.25) is 9.69 Å². The molecule has 0 bridgehead atoms. The Hall–Kier alpha value is -0.570. The molecular formula is C15H30N2O. The van der Waals surface area contributed by atoms with Crippen LogP contribution in [0.4, 0.5) is 0 Å². The molecule has 1 aliphatic rings. The van der Waals surface area contributed by atoms with Gasteiger partial charge in [0.1, 0.15) is 0 Å². The summed E-state index contributed by atoms with van der Waals surface area (Å²) in [6.45, 7) is 15.3. The summed E-state index contributed by atoms with van der Waals surface area (Å²) in [5.41, 5.74) is 0.454. The number of hydrogen-bond donors (Lipinski definition) is 1. The fourth-order valence-electron chi connectivity index (χ4n) is 2.28. The van der Waals surface area contributed by atoms with Gasteiger partial charge in [0, 0.05) is 31.1 Å². The van der Waals surface area contributed by atoms with Crippen molar-refractivity contribution >= 4 is 5.91 Å². The van der Waals surface area contributed by atoms with E-state index in [-0.39, 0.29) is 16.9 Å². The van der Waals surface area contributed by atoms with Crippen molar-refractivity contribution in [2.45, 2.75) is 72.4 Å². The second-order valence-corrected chi connectivity index (χ2v) is 7.73. The Morgan fingerprint density at radius 3 is 2.28 bits per heavy atom. The van der Waals surface area contributed by atoms with Gasteiger partial charge >= 0.3 is 0 Å². The maximum atomic E-state index is 11.9. The molecular weight excluding hydrogens is 224 g/mol. The van der Waals surface area contributed by atoms with Crippen molar-refractivity contribution in [1.82, 2.24) is 10.2 Å². The molecule has 1 amide bonds. The molecule has 1 saturated heterocycles. The van der Waals surface area contributed by atoms with E-state index in [2.05, 4.69) is 51.8 Å². The fraction of sp³-hybridized carbons (Fsp3) is 0.933. The normalized spacial score (nSPS) is 22.2. The number of carbonyl (C=O) groups excluding carboxylic acids is 1. The summed E-state index contributed by atoms with van der Waals surface area (Å²) < 4.78 is 0. The van der Waals surface area contributed by atoms with Crippen molar-refractivity contribution in [2.24, 2.45) is 5.41 Å². The Morgan fingerprint density at radius 1 is 1.22 bits per heavy atom. The number of likely N-dealkylation sites (tertiary alicyclic amines) is 1. The van der Waals surface area contributed by atoms with Crippen LogP contribution >= 0.6 is 0 Å². The SMILES string of the molecule is CC(C)(C)CCC(=O)N[C@H]1CCN(C(C)(C)C)C1. The topological polar surface area (TPSA) is 32.3 Å². The van der Waals surface area contributed by atoms with Crippen LogP contribution < -0.4 is 5.32 Å². The summed E-state index contributed by atoms with van der Waals surface area (Å²) in [7, 11) is 0. The first-order chi connectivity index (χ1) is 8.08. The second-order valence-electron chi connectivity index (χ2n) is 7.73. The van der Waals surface area contributed by atoms with Crippen LogP contribution in [0, 0.1) is 5.41 Å². The molecule has 0 aromatic carbocycles. The van der Waals surface area contributed by atoms with E-state index < -0.39 is 0 Å². The van der Waals surface area contributed by atoms with E-state index in [1.807, 2.05) is 0 Å². The molecule has 0 radical (unpaired) electrons. The molecule has 0 aromatic rings. The highest BCUT2D eigenvalue weighted by Crippen LogP contribution is 2.22. The van der Waals surface area contributed by atoms with Crippen LogP contribution in [0.3, 0.4) is 0 Å². The number of rotatable bonds is 3. The minimum atomic E-state index is 0.213. The number of nitrogens with one attached hydrogen (secondary N) is 1. The third-order valence-corrected chi connectivity index (χ3v) is 3.60. The van der Waals surface area contributed by atoms with Gasteiger partial charge in [-0.05, 0) is 39.0 Å². The van der Waals surface area contributed by atoms with Crippen molar-refractivity contribution in [3.05, 3.63) is 0 Å². The van der Waals surface area contributed by atoms with Gasteiger partial charge in [0.25, 0.3) is 0 Å². The Bertz CT molecular complexity index is 286. The van der Waals surface area contributed by atoms with Gasteiger partial charge in [0.2, 0.25) is 5.91 Å². The molecule has 0 unspecified atom stereocenters. The number of amides is 1. The Balaban J connectivity index is 2.31. The smallest absolute Gasteiger partial charge is 0.220 e. The molecule has 1 aliphatic heterocycles. The molecule has 1 atom stereocenters. The highest BCUT2D eigenvalue weighted by molar-refractivity contribution is 5.76. The summed E-state index contributed by atoms with van der Waals surface area (Å²) in [6.07, 6.45) is 2.68. The first-order valence-electron chi connectivity index (χ1n) is 7.12. The first kappa shape index (κ1) is 15.5. The average Bonchev–Trinajstić information content (AvgIpc) is 2.61. The van der Waals surface area contributed by atoms with E-state index in [1.165, 1.54) is 0 Å². The maximum Gasteiger partial charge on any atom is 0.220 e. The van der Waals surface area contributed by atoms with Crippen LogP contribution in [-0.4, -0.2) is 35.5 Å². The third kappa shape index (κ3) is 5.38. The quantitative estimate of drug-likeness (QED) is 0.840. The van der Waals surface area contributed by atoms with Gasteiger partial charge in [0.05, 0.1) is 0 Å². The number of nitrogens with zero attached hydrogens (tertiary/aromatic N) is 1. The molecule has 3 heteroatoms. The van der Waals surface area contributed by atoms with Gasteiger partial charge in [-0.1, -0.05) is 20.8 Å². The summed E-state index contributed by atoms with van der Waals surface area (Å²) >= 11 is 0. The van der Waals surface area contributed by atoms with Crippen molar-refractivity contribution in [2.75, 3.05) is 13.1 Å². The fourth-order valence-corrected chi connectivity index (χ4v) is 2.28.